The monoisotopic (exact) mass is 414 g/mol. The van der Waals surface area contributed by atoms with E-state index in [-0.39, 0.29) is 19.4 Å². The predicted octanol–water partition coefficient (Wildman–Crippen LogP) is 6.99. The zero-order valence-electron chi connectivity index (χ0n) is 15.7. The van der Waals surface area contributed by atoms with Crippen molar-refractivity contribution in [3.8, 4) is 11.5 Å². The first kappa shape index (κ1) is 21.0. The number of para-hydroxylation sites is 1. The molecule has 5 heteroatoms. The van der Waals surface area contributed by atoms with Crippen molar-refractivity contribution in [2.75, 3.05) is 6.61 Å². The van der Waals surface area contributed by atoms with Crippen LogP contribution in [0.25, 0.3) is 0 Å². The first-order valence-corrected chi connectivity index (χ1v) is 9.67. The van der Waals surface area contributed by atoms with Crippen LogP contribution >= 0.6 is 11.6 Å². The van der Waals surface area contributed by atoms with E-state index >= 15 is 0 Å². The second-order valence-electron chi connectivity index (χ2n) is 6.61. The van der Waals surface area contributed by atoms with E-state index in [9.17, 15) is 13.9 Å². The Balaban J connectivity index is 1.79. The molecule has 0 heterocycles. The van der Waals surface area contributed by atoms with Crippen LogP contribution in [0.2, 0.25) is 5.02 Å². The summed E-state index contributed by atoms with van der Waals surface area (Å²) in [6, 6.07) is 22.7. The minimum atomic E-state index is -0.879. The largest absolute Gasteiger partial charge is 0.457 e. The average molecular weight is 415 g/mol. The summed E-state index contributed by atoms with van der Waals surface area (Å²) in [6.07, 6.45) is -0.120. The first-order valence-electron chi connectivity index (χ1n) is 9.29. The fourth-order valence-electron chi connectivity index (χ4n) is 3.06. The van der Waals surface area contributed by atoms with Gasteiger partial charge >= 0.3 is 0 Å². The van der Waals surface area contributed by atoms with Crippen molar-refractivity contribution < 1.29 is 18.6 Å². The molecule has 1 unspecified atom stereocenters. The Kier molecular flexibility index (Phi) is 7.39. The second-order valence-corrected chi connectivity index (χ2v) is 7.04. The van der Waals surface area contributed by atoms with Gasteiger partial charge in [-0.3, -0.25) is 0 Å². The average Bonchev–Trinajstić information content (AvgIpc) is 2.73. The summed E-state index contributed by atoms with van der Waals surface area (Å²) in [5.74, 6) is -1.39. The second kappa shape index (κ2) is 10.2. The third-order valence-corrected chi connectivity index (χ3v) is 4.74. The highest BCUT2D eigenvalue weighted by Gasteiger charge is 2.21. The van der Waals surface area contributed by atoms with E-state index in [1.807, 2.05) is 30.3 Å². The fourth-order valence-corrected chi connectivity index (χ4v) is 3.19. The van der Waals surface area contributed by atoms with Crippen LogP contribution in [0.5, 0.6) is 11.5 Å². The van der Waals surface area contributed by atoms with Crippen molar-refractivity contribution in [3.05, 3.63) is 107 Å². The lowest BCUT2D eigenvalue weighted by Gasteiger charge is -2.16. The molecule has 0 aliphatic carbocycles. The first-order chi connectivity index (χ1) is 14.1. The van der Waals surface area contributed by atoms with E-state index in [2.05, 4.69) is 0 Å². The Hall–Kier alpha value is -2.69. The van der Waals surface area contributed by atoms with E-state index in [4.69, 9.17) is 16.3 Å². The molecule has 0 aliphatic heterocycles. The molecule has 2 nitrogen and oxygen atoms in total. The topological polar surface area (TPSA) is 29.5 Å². The lowest BCUT2D eigenvalue weighted by molar-refractivity contribution is 0.273. The van der Waals surface area contributed by atoms with Gasteiger partial charge in [-0.05, 0) is 53.9 Å². The molecule has 0 aliphatic rings. The Morgan fingerprint density at radius 1 is 0.897 bits per heavy atom. The van der Waals surface area contributed by atoms with E-state index in [0.717, 1.165) is 0 Å². The van der Waals surface area contributed by atoms with Crippen LogP contribution in [0.1, 0.15) is 23.5 Å². The maximum Gasteiger partial charge on any atom is 0.139 e. The molecule has 3 aromatic carbocycles. The van der Waals surface area contributed by atoms with Crippen LogP contribution in [-0.2, 0) is 6.42 Å². The molecule has 29 heavy (non-hydrogen) atoms. The van der Waals surface area contributed by atoms with Crippen LogP contribution in [0.3, 0.4) is 0 Å². The number of hydrogen-bond acceptors (Lipinski definition) is 2. The molecule has 0 saturated heterocycles. The Morgan fingerprint density at radius 2 is 1.59 bits per heavy atom. The molecular formula is C24H21ClF2O2. The SMILES string of the molecule is OCCC(C(F)=C(F)Cc1cccc(Oc2ccccc2)c1)c1ccc(Cl)cc1. The summed E-state index contributed by atoms with van der Waals surface area (Å²) in [4.78, 5) is 0. The number of rotatable bonds is 8. The van der Waals surface area contributed by atoms with Gasteiger partial charge in [0.15, 0.2) is 0 Å². The molecule has 0 bridgehead atoms. The summed E-state index contributed by atoms with van der Waals surface area (Å²) >= 11 is 5.87. The van der Waals surface area contributed by atoms with Gasteiger partial charge in [-0.1, -0.05) is 54.1 Å². The normalized spacial score (nSPS) is 13.0. The van der Waals surface area contributed by atoms with Crippen molar-refractivity contribution in [2.24, 2.45) is 0 Å². The van der Waals surface area contributed by atoms with Crippen molar-refractivity contribution in [1.82, 2.24) is 0 Å². The van der Waals surface area contributed by atoms with Gasteiger partial charge in [0.05, 0.1) is 0 Å². The highest BCUT2D eigenvalue weighted by atomic mass is 35.5. The van der Waals surface area contributed by atoms with Crippen LogP contribution in [0.4, 0.5) is 8.78 Å². The smallest absolute Gasteiger partial charge is 0.139 e. The van der Waals surface area contributed by atoms with Crippen molar-refractivity contribution in [2.45, 2.75) is 18.8 Å². The lowest BCUT2D eigenvalue weighted by Crippen LogP contribution is -2.05. The summed E-state index contributed by atoms with van der Waals surface area (Å²) < 4.78 is 35.4. The number of benzene rings is 3. The minimum Gasteiger partial charge on any atom is -0.457 e. The number of halogens is 3. The van der Waals surface area contributed by atoms with Gasteiger partial charge in [0, 0.05) is 24.0 Å². The van der Waals surface area contributed by atoms with Gasteiger partial charge in [0.25, 0.3) is 0 Å². The van der Waals surface area contributed by atoms with E-state index in [0.29, 0.717) is 27.6 Å². The van der Waals surface area contributed by atoms with Gasteiger partial charge in [-0.15, -0.1) is 0 Å². The molecule has 1 N–H and O–H groups in total. The van der Waals surface area contributed by atoms with Gasteiger partial charge in [0.1, 0.15) is 23.2 Å². The van der Waals surface area contributed by atoms with E-state index < -0.39 is 17.6 Å². The zero-order chi connectivity index (χ0) is 20.6. The number of ether oxygens (including phenoxy) is 1. The number of aliphatic hydroxyl groups excluding tert-OH is 1. The Labute approximate surface area is 174 Å². The Morgan fingerprint density at radius 3 is 2.28 bits per heavy atom. The van der Waals surface area contributed by atoms with Crippen LogP contribution in [-0.4, -0.2) is 11.7 Å². The number of hydrogen-bond donors (Lipinski definition) is 1. The molecule has 0 fully saturated rings. The van der Waals surface area contributed by atoms with Crippen molar-refractivity contribution >= 4 is 11.6 Å². The summed E-state index contributed by atoms with van der Waals surface area (Å²) in [7, 11) is 0. The summed E-state index contributed by atoms with van der Waals surface area (Å²) in [6.45, 7) is -0.256. The molecule has 150 valence electrons. The maximum absolute atomic E-state index is 14.9. The molecule has 3 aromatic rings. The minimum absolute atomic E-state index is 0.0814. The third kappa shape index (κ3) is 5.89. The van der Waals surface area contributed by atoms with Crippen molar-refractivity contribution in [1.29, 1.82) is 0 Å². The molecule has 0 radical (unpaired) electrons. The summed E-state index contributed by atoms with van der Waals surface area (Å²) in [5.41, 5.74) is 1.15. The lowest BCUT2D eigenvalue weighted by atomic mass is 9.93. The van der Waals surface area contributed by atoms with E-state index in [1.165, 1.54) is 0 Å². The molecule has 3 rings (SSSR count). The molecule has 0 aromatic heterocycles. The number of aliphatic hydroxyl groups is 1. The zero-order valence-corrected chi connectivity index (χ0v) is 16.4. The quantitative estimate of drug-likeness (QED) is 0.430. The fraction of sp³-hybridized carbons (Fsp3) is 0.167. The highest BCUT2D eigenvalue weighted by Crippen LogP contribution is 2.33. The maximum atomic E-state index is 14.9. The van der Waals surface area contributed by atoms with Gasteiger partial charge in [-0.25, -0.2) is 8.78 Å². The van der Waals surface area contributed by atoms with E-state index in [1.54, 1.807) is 48.5 Å². The third-order valence-electron chi connectivity index (χ3n) is 4.49. The van der Waals surface area contributed by atoms with Gasteiger partial charge < -0.3 is 9.84 Å². The molecular weight excluding hydrogens is 394 g/mol. The van der Waals surface area contributed by atoms with Crippen LogP contribution in [0.15, 0.2) is 90.5 Å². The van der Waals surface area contributed by atoms with Gasteiger partial charge in [0.2, 0.25) is 0 Å². The summed E-state index contributed by atoms with van der Waals surface area (Å²) in [5, 5.41) is 9.81. The molecule has 0 spiro atoms. The van der Waals surface area contributed by atoms with Gasteiger partial charge in [-0.2, -0.15) is 0 Å². The van der Waals surface area contributed by atoms with Crippen LogP contribution in [0, 0.1) is 0 Å². The Bertz CT molecular complexity index is 956. The molecule has 0 saturated carbocycles. The standard InChI is InChI=1S/C24H21ClF2O2/c25-19-11-9-18(10-12-19)22(13-14-28)24(27)23(26)16-17-5-4-8-21(15-17)29-20-6-2-1-3-7-20/h1-12,15,22,28H,13-14,16H2. The molecule has 0 amide bonds. The number of allylic oxidation sites excluding steroid dienone is 2. The highest BCUT2D eigenvalue weighted by molar-refractivity contribution is 6.30. The predicted molar refractivity (Wildman–Crippen MR) is 112 cm³/mol. The van der Waals surface area contributed by atoms with Crippen molar-refractivity contribution in [3.63, 3.8) is 0 Å². The molecule has 1 atom stereocenters. The van der Waals surface area contributed by atoms with Crippen LogP contribution < -0.4 is 4.74 Å².